The van der Waals surface area contributed by atoms with Gasteiger partial charge in [0.25, 0.3) is 0 Å². The first-order valence-corrected chi connectivity index (χ1v) is 21.6. The largest absolute Gasteiger partial charge is 0.472 e. The van der Waals surface area contributed by atoms with E-state index in [0.717, 1.165) is 51.4 Å². The molecule has 2 atom stereocenters. The predicted octanol–water partition coefficient (Wildman–Crippen LogP) is 11.6. The zero-order valence-corrected chi connectivity index (χ0v) is 33.0. The first-order valence-electron chi connectivity index (χ1n) is 20.1. The maximum absolute atomic E-state index is 12.5. The molecule has 0 aliphatic heterocycles. The summed E-state index contributed by atoms with van der Waals surface area (Å²) in [6, 6.07) is 0. The van der Waals surface area contributed by atoms with E-state index in [2.05, 4.69) is 62.5 Å². The van der Waals surface area contributed by atoms with E-state index >= 15 is 0 Å². The van der Waals surface area contributed by atoms with Crippen molar-refractivity contribution in [1.29, 1.82) is 0 Å². The van der Waals surface area contributed by atoms with Crippen molar-refractivity contribution < 1.29 is 32.8 Å². The topological polar surface area (TPSA) is 117 Å². The van der Waals surface area contributed by atoms with Crippen molar-refractivity contribution in [2.24, 2.45) is 5.73 Å². The highest BCUT2D eigenvalue weighted by molar-refractivity contribution is 7.47. The van der Waals surface area contributed by atoms with Gasteiger partial charge in [-0.3, -0.25) is 13.8 Å². The van der Waals surface area contributed by atoms with Crippen LogP contribution in [0.2, 0.25) is 0 Å². The monoisotopic (exact) mass is 726 g/mol. The van der Waals surface area contributed by atoms with Gasteiger partial charge in [0.05, 0.1) is 19.8 Å². The van der Waals surface area contributed by atoms with Crippen LogP contribution in [-0.2, 0) is 27.9 Å². The van der Waals surface area contributed by atoms with Gasteiger partial charge in [-0.05, 0) is 51.4 Å². The molecule has 0 bridgehead atoms. The van der Waals surface area contributed by atoms with Gasteiger partial charge in [0, 0.05) is 19.6 Å². The summed E-state index contributed by atoms with van der Waals surface area (Å²) in [6.45, 7) is 4.75. The summed E-state index contributed by atoms with van der Waals surface area (Å²) in [5.41, 5.74) is 5.36. The highest BCUT2D eigenvalue weighted by Gasteiger charge is 2.25. The molecule has 9 heteroatoms. The van der Waals surface area contributed by atoms with Crippen molar-refractivity contribution in [3.05, 3.63) is 48.6 Å². The number of rotatable bonds is 38. The van der Waals surface area contributed by atoms with Gasteiger partial charge >= 0.3 is 13.8 Å². The number of carbonyl (C=O) groups is 1. The number of phosphoric ester groups is 1. The van der Waals surface area contributed by atoms with E-state index in [1.165, 1.54) is 89.9 Å². The Morgan fingerprint density at radius 3 is 1.64 bits per heavy atom. The number of hydrogen-bond donors (Lipinski definition) is 2. The van der Waals surface area contributed by atoms with Gasteiger partial charge in [-0.25, -0.2) is 4.57 Å². The van der Waals surface area contributed by atoms with Crippen LogP contribution < -0.4 is 5.73 Å². The fourth-order valence-corrected chi connectivity index (χ4v) is 6.11. The third-order valence-electron chi connectivity index (χ3n) is 8.26. The van der Waals surface area contributed by atoms with E-state index < -0.39 is 13.9 Å². The van der Waals surface area contributed by atoms with E-state index in [1.807, 2.05) is 0 Å². The van der Waals surface area contributed by atoms with Crippen molar-refractivity contribution in [2.45, 2.75) is 174 Å². The molecular weight excluding hydrogens is 649 g/mol. The van der Waals surface area contributed by atoms with Gasteiger partial charge in [0.1, 0.15) is 6.10 Å². The Labute approximate surface area is 307 Å². The van der Waals surface area contributed by atoms with Crippen LogP contribution in [0.4, 0.5) is 0 Å². The summed E-state index contributed by atoms with van der Waals surface area (Å²) < 4.78 is 33.3. The average Bonchev–Trinajstić information content (AvgIpc) is 3.10. The molecule has 0 fully saturated rings. The summed E-state index contributed by atoms with van der Waals surface area (Å²) in [5.74, 6) is -0.370. The average molecular weight is 726 g/mol. The maximum Gasteiger partial charge on any atom is 0.472 e. The van der Waals surface area contributed by atoms with Gasteiger partial charge in [-0.1, -0.05) is 159 Å². The molecule has 50 heavy (non-hydrogen) atoms. The highest BCUT2D eigenvalue weighted by atomic mass is 31.2. The van der Waals surface area contributed by atoms with Crippen molar-refractivity contribution >= 4 is 13.8 Å². The number of carbonyl (C=O) groups excluding carboxylic acids is 1. The van der Waals surface area contributed by atoms with Gasteiger partial charge < -0.3 is 20.1 Å². The fraction of sp³-hybridized carbons (Fsp3) is 0.780. The normalized spacial score (nSPS) is 14.1. The molecule has 0 radical (unpaired) electrons. The Morgan fingerprint density at radius 1 is 0.620 bits per heavy atom. The van der Waals surface area contributed by atoms with Crippen LogP contribution in [0.25, 0.3) is 0 Å². The van der Waals surface area contributed by atoms with E-state index in [9.17, 15) is 14.3 Å². The fourth-order valence-electron chi connectivity index (χ4n) is 5.34. The van der Waals surface area contributed by atoms with Crippen molar-refractivity contribution in [3.8, 4) is 0 Å². The summed E-state index contributed by atoms with van der Waals surface area (Å²) in [4.78, 5) is 22.4. The molecule has 292 valence electrons. The third-order valence-corrected chi connectivity index (χ3v) is 9.24. The number of ether oxygens (including phenoxy) is 2. The van der Waals surface area contributed by atoms with E-state index in [0.29, 0.717) is 13.0 Å². The quantitative estimate of drug-likeness (QED) is 0.0279. The van der Waals surface area contributed by atoms with Gasteiger partial charge in [-0.15, -0.1) is 0 Å². The summed E-state index contributed by atoms with van der Waals surface area (Å²) in [7, 11) is -4.28. The number of hydrogen-bond acceptors (Lipinski definition) is 7. The minimum absolute atomic E-state index is 0.0929. The summed E-state index contributed by atoms with van der Waals surface area (Å²) in [6.07, 6.45) is 44.1. The zero-order chi connectivity index (χ0) is 36.6. The van der Waals surface area contributed by atoms with Crippen molar-refractivity contribution in [1.82, 2.24) is 0 Å². The van der Waals surface area contributed by atoms with Crippen LogP contribution in [0.5, 0.6) is 0 Å². The van der Waals surface area contributed by atoms with Gasteiger partial charge in [0.15, 0.2) is 0 Å². The van der Waals surface area contributed by atoms with Crippen LogP contribution >= 0.6 is 7.82 Å². The lowest BCUT2D eigenvalue weighted by Gasteiger charge is -2.20. The molecule has 0 saturated heterocycles. The molecule has 0 heterocycles. The molecule has 8 nitrogen and oxygen atoms in total. The van der Waals surface area contributed by atoms with Crippen molar-refractivity contribution in [2.75, 3.05) is 33.0 Å². The minimum atomic E-state index is -4.28. The lowest BCUT2D eigenvalue weighted by atomic mass is 10.0. The Bertz CT molecular complexity index is 905. The molecule has 0 amide bonds. The van der Waals surface area contributed by atoms with Gasteiger partial charge in [-0.2, -0.15) is 0 Å². The molecule has 1 unspecified atom stereocenters. The molecular formula is C41H76NO7P. The van der Waals surface area contributed by atoms with E-state index in [-0.39, 0.29) is 38.8 Å². The molecule has 0 aliphatic rings. The van der Waals surface area contributed by atoms with Crippen LogP contribution in [-0.4, -0.2) is 49.9 Å². The molecule has 0 rings (SSSR count). The van der Waals surface area contributed by atoms with Crippen molar-refractivity contribution in [3.63, 3.8) is 0 Å². The number of unbranched alkanes of at least 4 members (excludes halogenated alkanes) is 17. The highest BCUT2D eigenvalue weighted by Crippen LogP contribution is 2.43. The second-order valence-corrected chi connectivity index (χ2v) is 14.6. The first kappa shape index (κ1) is 48.5. The number of esters is 1. The molecule has 0 aromatic carbocycles. The van der Waals surface area contributed by atoms with E-state index in [1.54, 1.807) is 0 Å². The van der Waals surface area contributed by atoms with Gasteiger partial charge in [0.2, 0.25) is 0 Å². The number of allylic oxidation sites excluding steroid dienone is 8. The Balaban J connectivity index is 4.12. The Hall–Kier alpha value is -1.54. The third kappa shape index (κ3) is 37.7. The Morgan fingerprint density at radius 2 is 1.12 bits per heavy atom. The lowest BCUT2D eigenvalue weighted by Crippen LogP contribution is -2.28. The number of nitrogens with two attached hydrogens (primary N) is 1. The zero-order valence-electron chi connectivity index (χ0n) is 32.1. The molecule has 0 spiro atoms. The maximum atomic E-state index is 12.5. The smallest absolute Gasteiger partial charge is 0.457 e. The standard InChI is InChI=1S/C41H76NO7P/c1-3-5-7-9-11-13-15-17-19-21-23-25-27-29-31-33-36-46-38-40(39-48-50(44,45)47-37-35-42)49-41(43)34-32-30-28-26-24-22-20-18-16-14-12-10-8-6-4-2/h6,8,12,14,18,20,24,26,40H,3-5,7,9-11,13,15-17,19,21-23,25,27-39,42H2,1-2H3,(H,44,45)/b8-6-,14-12-,20-18-,26-24-/t40-/m1/s1. The van der Waals surface area contributed by atoms with Crippen LogP contribution in [0.15, 0.2) is 48.6 Å². The van der Waals surface area contributed by atoms with Crippen LogP contribution in [0.1, 0.15) is 168 Å². The minimum Gasteiger partial charge on any atom is -0.457 e. The van der Waals surface area contributed by atoms with Crippen LogP contribution in [0, 0.1) is 0 Å². The van der Waals surface area contributed by atoms with E-state index in [4.69, 9.17) is 24.3 Å². The first-order chi connectivity index (χ1) is 24.4. The molecule has 0 aliphatic carbocycles. The van der Waals surface area contributed by atoms with Crippen LogP contribution in [0.3, 0.4) is 0 Å². The summed E-state index contributed by atoms with van der Waals surface area (Å²) >= 11 is 0. The lowest BCUT2D eigenvalue weighted by molar-refractivity contribution is -0.154. The summed E-state index contributed by atoms with van der Waals surface area (Å²) in [5, 5.41) is 0. The Kier molecular flexibility index (Phi) is 37.5. The molecule has 0 saturated carbocycles. The predicted molar refractivity (Wildman–Crippen MR) is 210 cm³/mol. The second kappa shape index (κ2) is 38.7. The molecule has 0 aromatic heterocycles. The second-order valence-electron chi connectivity index (χ2n) is 13.1. The molecule has 0 aromatic rings. The molecule has 3 N–H and O–H groups in total. The number of phosphoric acid groups is 1. The SMILES string of the molecule is CC/C=C\C/C=C\C/C=C\C/C=C\CCCCC(=O)O[C@H](COCCCCCCCCCCCCCCCCCC)COP(=O)(O)OCCN.